The van der Waals surface area contributed by atoms with Crippen LogP contribution in [0.2, 0.25) is 5.02 Å². The van der Waals surface area contributed by atoms with Crippen LogP contribution in [-0.2, 0) is 17.4 Å². The zero-order chi connectivity index (χ0) is 25.3. The molecule has 1 amide bonds. The van der Waals surface area contributed by atoms with Gasteiger partial charge in [0.05, 0.1) is 5.56 Å². The van der Waals surface area contributed by atoms with Gasteiger partial charge in [0.1, 0.15) is 0 Å². The minimum absolute atomic E-state index is 0.00224. The minimum atomic E-state index is -4.45. The van der Waals surface area contributed by atoms with Crippen LogP contribution in [0.4, 0.5) is 18.9 Å². The lowest BCUT2D eigenvalue weighted by Crippen LogP contribution is -2.43. The van der Waals surface area contributed by atoms with Gasteiger partial charge in [-0.3, -0.25) is 4.79 Å². The van der Waals surface area contributed by atoms with Gasteiger partial charge in [0.25, 0.3) is 0 Å². The number of anilines is 1. The molecule has 1 heterocycles. The first-order chi connectivity index (χ1) is 16.6. The Labute approximate surface area is 209 Å². The summed E-state index contributed by atoms with van der Waals surface area (Å²) in [5.74, 6) is 0.306. The van der Waals surface area contributed by atoms with E-state index in [0.29, 0.717) is 10.6 Å². The highest BCUT2D eigenvalue weighted by atomic mass is 35.5. The van der Waals surface area contributed by atoms with Crippen molar-refractivity contribution in [1.82, 2.24) is 0 Å². The Morgan fingerprint density at radius 2 is 1.77 bits per heavy atom. The second-order valence-corrected chi connectivity index (χ2v) is 9.83. The van der Waals surface area contributed by atoms with E-state index in [-0.39, 0.29) is 29.3 Å². The zero-order valence-electron chi connectivity index (χ0n) is 20.1. The third-order valence-electron chi connectivity index (χ3n) is 7.11. The van der Waals surface area contributed by atoms with Crippen molar-refractivity contribution in [3.8, 4) is 11.1 Å². The van der Waals surface area contributed by atoms with Crippen LogP contribution in [0.1, 0.15) is 56.2 Å². The minimum Gasteiger partial charge on any atom is -0.310 e. The molecule has 35 heavy (non-hydrogen) atoms. The number of carbonyl (C=O) groups excluding carboxylic acids is 1. The quantitative estimate of drug-likeness (QED) is 0.344. The first kappa shape index (κ1) is 25.3. The molecule has 0 spiro atoms. The van der Waals surface area contributed by atoms with Crippen molar-refractivity contribution < 1.29 is 18.0 Å². The van der Waals surface area contributed by atoms with E-state index < -0.39 is 11.7 Å². The van der Waals surface area contributed by atoms with Crippen molar-refractivity contribution in [1.29, 1.82) is 0 Å². The van der Waals surface area contributed by atoms with Gasteiger partial charge >= 0.3 is 6.18 Å². The van der Waals surface area contributed by atoms with Crippen molar-refractivity contribution >= 4 is 23.2 Å². The Morgan fingerprint density at radius 1 is 1.09 bits per heavy atom. The highest BCUT2D eigenvalue weighted by molar-refractivity contribution is 6.30. The molecule has 0 aromatic heterocycles. The van der Waals surface area contributed by atoms with E-state index in [1.165, 1.54) is 17.7 Å². The Hall–Kier alpha value is -2.79. The average molecular weight is 500 g/mol. The molecule has 0 aliphatic carbocycles. The van der Waals surface area contributed by atoms with Crippen molar-refractivity contribution in [2.75, 3.05) is 4.90 Å². The molecule has 184 valence electrons. The highest BCUT2D eigenvalue weighted by Crippen LogP contribution is 2.47. The number of halogens is 4. The lowest BCUT2D eigenvalue weighted by molar-refractivity contribution is -0.137. The Bertz CT molecular complexity index is 1210. The summed E-state index contributed by atoms with van der Waals surface area (Å²) in [7, 11) is 0. The van der Waals surface area contributed by atoms with E-state index in [9.17, 15) is 18.0 Å². The molecule has 1 aliphatic rings. The summed E-state index contributed by atoms with van der Waals surface area (Å²) < 4.78 is 41.3. The molecule has 2 nitrogen and oxygen atoms in total. The van der Waals surface area contributed by atoms with Gasteiger partial charge in [-0.05, 0) is 84.2 Å². The summed E-state index contributed by atoms with van der Waals surface area (Å²) in [5.41, 5.74) is 2.92. The van der Waals surface area contributed by atoms with Crippen molar-refractivity contribution in [3.05, 3.63) is 88.4 Å². The summed E-state index contributed by atoms with van der Waals surface area (Å²) in [4.78, 5) is 14.3. The number of hydrogen-bond acceptors (Lipinski definition) is 1. The molecule has 0 saturated heterocycles. The zero-order valence-corrected chi connectivity index (χ0v) is 20.8. The fourth-order valence-electron chi connectivity index (χ4n) is 5.48. The van der Waals surface area contributed by atoms with Gasteiger partial charge in [-0.1, -0.05) is 61.3 Å². The molecule has 3 unspecified atom stereocenters. The maximum absolute atomic E-state index is 13.8. The topological polar surface area (TPSA) is 20.3 Å². The Kier molecular flexibility index (Phi) is 7.27. The van der Waals surface area contributed by atoms with E-state index in [2.05, 4.69) is 6.92 Å². The van der Waals surface area contributed by atoms with Crippen molar-refractivity contribution in [3.63, 3.8) is 0 Å². The fourth-order valence-corrected chi connectivity index (χ4v) is 5.60. The number of nitrogens with zero attached hydrogens (tertiary/aromatic N) is 1. The van der Waals surface area contributed by atoms with E-state index >= 15 is 0 Å². The molecule has 3 aromatic carbocycles. The summed E-state index contributed by atoms with van der Waals surface area (Å²) in [6.45, 7) is 5.72. The van der Waals surface area contributed by atoms with Gasteiger partial charge in [0.2, 0.25) is 5.91 Å². The predicted octanol–water partition coefficient (Wildman–Crippen LogP) is 8.52. The lowest BCUT2D eigenvalue weighted by Gasteiger charge is -2.42. The van der Waals surface area contributed by atoms with Gasteiger partial charge in [-0.25, -0.2) is 0 Å². The van der Waals surface area contributed by atoms with E-state index in [0.717, 1.165) is 36.6 Å². The molecule has 0 radical (unpaired) electrons. The van der Waals surface area contributed by atoms with Crippen LogP contribution in [-0.4, -0.2) is 11.9 Å². The third kappa shape index (κ3) is 5.25. The van der Waals surface area contributed by atoms with Crippen molar-refractivity contribution in [2.24, 2.45) is 5.92 Å². The fraction of sp³-hybridized carbons (Fsp3) is 0.345. The van der Waals surface area contributed by atoms with Gasteiger partial charge < -0.3 is 4.90 Å². The molecular weight excluding hydrogens is 471 g/mol. The molecule has 6 heteroatoms. The first-order valence-electron chi connectivity index (χ1n) is 11.9. The Morgan fingerprint density at radius 3 is 2.40 bits per heavy atom. The van der Waals surface area contributed by atoms with E-state index in [4.69, 9.17) is 11.6 Å². The predicted molar refractivity (Wildman–Crippen MR) is 136 cm³/mol. The second-order valence-electron chi connectivity index (χ2n) is 9.40. The molecule has 3 atom stereocenters. The van der Waals surface area contributed by atoms with Crippen LogP contribution in [0.3, 0.4) is 0 Å². The van der Waals surface area contributed by atoms with Gasteiger partial charge in [0, 0.05) is 23.7 Å². The largest absolute Gasteiger partial charge is 0.417 e. The van der Waals surface area contributed by atoms with Crippen LogP contribution in [0.5, 0.6) is 0 Å². The summed E-state index contributed by atoms with van der Waals surface area (Å²) in [5, 5.41) is 0.684. The first-order valence-corrected chi connectivity index (χ1v) is 12.3. The normalized spacial score (nSPS) is 18.8. The molecule has 0 bridgehead atoms. The van der Waals surface area contributed by atoms with Crippen LogP contribution in [0.15, 0.2) is 66.7 Å². The number of fused-ring (bicyclic) bond motifs is 1. The number of alkyl halides is 3. The van der Waals surface area contributed by atoms with Gasteiger partial charge in [0.15, 0.2) is 0 Å². The molecule has 0 N–H and O–H groups in total. The Balaban J connectivity index is 1.82. The smallest absolute Gasteiger partial charge is 0.310 e. The number of carbonyl (C=O) groups is 1. The molecule has 3 aromatic rings. The van der Waals surface area contributed by atoms with E-state index in [1.54, 1.807) is 24.0 Å². The molecule has 1 aliphatic heterocycles. The van der Waals surface area contributed by atoms with Crippen LogP contribution in [0, 0.1) is 5.92 Å². The average Bonchev–Trinajstić information content (AvgIpc) is 2.82. The molecule has 0 fully saturated rings. The standard InChI is InChI=1S/C29H29ClF3NO/c1-4-21(16-20-9-12-23(30)13-10-20)25-15-18(2)34(19(3)35)28-14-11-22(17-26(25)28)24-7-5-6-8-27(24)29(31,32)33/h5-14,17-18,21,25H,4,15-16H2,1-3H3. The van der Waals surface area contributed by atoms with Gasteiger partial charge in [-0.15, -0.1) is 0 Å². The summed E-state index contributed by atoms with van der Waals surface area (Å²) in [6.07, 6.45) is -1.97. The number of hydrogen-bond donors (Lipinski definition) is 0. The molecule has 4 rings (SSSR count). The maximum Gasteiger partial charge on any atom is 0.417 e. The van der Waals surface area contributed by atoms with Crippen LogP contribution >= 0.6 is 11.6 Å². The number of benzene rings is 3. The number of amides is 1. The van der Waals surface area contributed by atoms with Crippen LogP contribution < -0.4 is 4.90 Å². The second kappa shape index (κ2) is 10.1. The summed E-state index contributed by atoms with van der Waals surface area (Å²) >= 11 is 6.07. The van der Waals surface area contributed by atoms with Gasteiger partial charge in [-0.2, -0.15) is 13.2 Å². The lowest BCUT2D eigenvalue weighted by atomic mass is 9.73. The third-order valence-corrected chi connectivity index (χ3v) is 7.36. The molecular formula is C29H29ClF3NO. The monoisotopic (exact) mass is 499 g/mol. The highest BCUT2D eigenvalue weighted by Gasteiger charge is 2.37. The number of rotatable bonds is 5. The van der Waals surface area contributed by atoms with Crippen LogP contribution in [0.25, 0.3) is 11.1 Å². The maximum atomic E-state index is 13.8. The van der Waals surface area contributed by atoms with E-state index in [1.807, 2.05) is 43.3 Å². The molecule has 0 saturated carbocycles. The SMILES string of the molecule is CCC(Cc1ccc(Cl)cc1)C1CC(C)N(C(C)=O)c2ccc(-c3ccccc3C(F)(F)F)cc21. The summed E-state index contributed by atoms with van der Waals surface area (Å²) in [6, 6.07) is 18.9. The van der Waals surface area contributed by atoms with Crippen molar-refractivity contribution in [2.45, 2.75) is 58.2 Å².